The van der Waals surface area contributed by atoms with Crippen LogP contribution in [0.4, 0.5) is 10.5 Å². The van der Waals surface area contributed by atoms with E-state index in [9.17, 15) is 14.4 Å². The fraction of sp³-hybridized carbons (Fsp3) is 0.150. The number of barbiturate groups is 1. The van der Waals surface area contributed by atoms with Crippen molar-refractivity contribution in [3.8, 4) is 17.2 Å². The van der Waals surface area contributed by atoms with Crippen molar-refractivity contribution in [2.75, 3.05) is 26.2 Å². The smallest absolute Gasteiger partial charge is 0.335 e. The Morgan fingerprint density at radius 1 is 0.966 bits per heavy atom. The zero-order chi connectivity index (χ0) is 21.1. The molecule has 0 aliphatic carbocycles. The van der Waals surface area contributed by atoms with Crippen molar-refractivity contribution in [1.29, 1.82) is 0 Å². The number of carbonyl (C=O) groups excluding carboxylic acids is 3. The van der Waals surface area contributed by atoms with Gasteiger partial charge < -0.3 is 14.2 Å². The molecular formula is C20H17ClN2O6. The molecule has 150 valence electrons. The molecule has 0 unspecified atom stereocenters. The maximum atomic E-state index is 13.0. The molecule has 1 N–H and O–H groups in total. The highest BCUT2D eigenvalue weighted by atomic mass is 35.5. The van der Waals surface area contributed by atoms with Gasteiger partial charge in [0, 0.05) is 10.6 Å². The van der Waals surface area contributed by atoms with Crippen molar-refractivity contribution in [1.82, 2.24) is 5.32 Å². The fourth-order valence-corrected chi connectivity index (χ4v) is 3.09. The fourth-order valence-electron chi connectivity index (χ4n) is 2.90. The van der Waals surface area contributed by atoms with E-state index in [-0.39, 0.29) is 17.0 Å². The molecule has 2 aromatic rings. The predicted molar refractivity (Wildman–Crippen MR) is 107 cm³/mol. The minimum atomic E-state index is -0.862. The molecule has 29 heavy (non-hydrogen) atoms. The Hall–Kier alpha value is -3.52. The van der Waals surface area contributed by atoms with E-state index < -0.39 is 17.8 Å². The van der Waals surface area contributed by atoms with Gasteiger partial charge in [0.1, 0.15) is 5.57 Å². The Bertz CT molecular complexity index is 1030. The zero-order valence-corrected chi connectivity index (χ0v) is 16.6. The number of imide groups is 2. The van der Waals surface area contributed by atoms with E-state index in [2.05, 4.69) is 5.32 Å². The minimum Gasteiger partial charge on any atom is -0.493 e. The van der Waals surface area contributed by atoms with E-state index in [1.807, 2.05) is 0 Å². The molecule has 0 saturated carbocycles. The quantitative estimate of drug-likeness (QED) is 0.594. The summed E-state index contributed by atoms with van der Waals surface area (Å²) in [6.45, 7) is 0. The van der Waals surface area contributed by atoms with Crippen LogP contribution in [0.25, 0.3) is 6.08 Å². The summed E-state index contributed by atoms with van der Waals surface area (Å²) < 4.78 is 15.9. The van der Waals surface area contributed by atoms with Gasteiger partial charge in [-0.15, -0.1) is 0 Å². The first-order chi connectivity index (χ1) is 13.9. The number of carbonyl (C=O) groups is 3. The monoisotopic (exact) mass is 416 g/mol. The van der Waals surface area contributed by atoms with Crippen molar-refractivity contribution in [3.63, 3.8) is 0 Å². The summed E-state index contributed by atoms with van der Waals surface area (Å²) in [7, 11) is 4.33. The van der Waals surface area contributed by atoms with Crippen molar-refractivity contribution in [3.05, 3.63) is 52.6 Å². The molecule has 3 rings (SSSR count). The van der Waals surface area contributed by atoms with Crippen LogP contribution in [0.3, 0.4) is 0 Å². The van der Waals surface area contributed by atoms with E-state index in [4.69, 9.17) is 25.8 Å². The van der Waals surface area contributed by atoms with Crippen LogP contribution in [-0.2, 0) is 9.59 Å². The van der Waals surface area contributed by atoms with Gasteiger partial charge in [0.25, 0.3) is 11.8 Å². The predicted octanol–water partition coefficient (Wildman–Crippen LogP) is 3.03. The third kappa shape index (κ3) is 3.74. The normalized spacial score (nSPS) is 15.4. The van der Waals surface area contributed by atoms with Gasteiger partial charge in [-0.3, -0.25) is 14.9 Å². The molecule has 0 aromatic heterocycles. The Balaban J connectivity index is 2.10. The highest BCUT2D eigenvalue weighted by Gasteiger charge is 2.37. The number of benzene rings is 2. The van der Waals surface area contributed by atoms with Gasteiger partial charge in [0.05, 0.1) is 27.0 Å². The van der Waals surface area contributed by atoms with E-state index in [1.54, 1.807) is 24.3 Å². The van der Waals surface area contributed by atoms with Crippen molar-refractivity contribution < 1.29 is 28.6 Å². The van der Waals surface area contributed by atoms with E-state index in [0.717, 1.165) is 4.90 Å². The lowest BCUT2D eigenvalue weighted by Crippen LogP contribution is -2.54. The van der Waals surface area contributed by atoms with Gasteiger partial charge >= 0.3 is 6.03 Å². The highest BCUT2D eigenvalue weighted by Crippen LogP contribution is 2.40. The SMILES string of the molecule is COc1ccc(/C=C2/C(=O)NC(=O)N(c3cccc(Cl)c3)C2=O)c(OC)c1OC. The van der Waals surface area contributed by atoms with Gasteiger partial charge in [-0.2, -0.15) is 0 Å². The Kier molecular flexibility index (Phi) is 5.74. The second-order valence-electron chi connectivity index (χ2n) is 5.86. The topological polar surface area (TPSA) is 94.2 Å². The zero-order valence-electron chi connectivity index (χ0n) is 15.8. The van der Waals surface area contributed by atoms with Crippen LogP contribution >= 0.6 is 11.6 Å². The Morgan fingerprint density at radius 3 is 2.31 bits per heavy atom. The molecule has 1 aliphatic rings. The number of halogens is 1. The lowest BCUT2D eigenvalue weighted by molar-refractivity contribution is -0.122. The van der Waals surface area contributed by atoms with Gasteiger partial charge in [0.15, 0.2) is 11.5 Å². The number of rotatable bonds is 5. The summed E-state index contributed by atoms with van der Waals surface area (Å²) in [4.78, 5) is 38.5. The number of hydrogen-bond donors (Lipinski definition) is 1. The molecule has 0 radical (unpaired) electrons. The van der Waals surface area contributed by atoms with Crippen LogP contribution in [0.5, 0.6) is 17.2 Å². The molecule has 0 bridgehead atoms. The number of urea groups is 1. The van der Waals surface area contributed by atoms with E-state index >= 15 is 0 Å². The summed E-state index contributed by atoms with van der Waals surface area (Å²) in [6, 6.07) is 8.53. The third-order valence-corrected chi connectivity index (χ3v) is 4.44. The van der Waals surface area contributed by atoms with Crippen molar-refractivity contribution in [2.45, 2.75) is 0 Å². The van der Waals surface area contributed by atoms with Crippen LogP contribution in [0, 0.1) is 0 Å². The van der Waals surface area contributed by atoms with Crippen LogP contribution in [0.1, 0.15) is 5.56 Å². The maximum Gasteiger partial charge on any atom is 0.335 e. The second kappa shape index (κ2) is 8.24. The number of nitrogens with one attached hydrogen (secondary N) is 1. The first kappa shape index (κ1) is 20.2. The molecule has 0 spiro atoms. The summed E-state index contributed by atoms with van der Waals surface area (Å²) in [5.74, 6) is -0.628. The summed E-state index contributed by atoms with van der Waals surface area (Å²) >= 11 is 5.96. The van der Waals surface area contributed by atoms with E-state index in [0.29, 0.717) is 22.1 Å². The number of methoxy groups -OCH3 is 3. The average Bonchev–Trinajstić information content (AvgIpc) is 2.70. The largest absolute Gasteiger partial charge is 0.493 e. The lowest BCUT2D eigenvalue weighted by atomic mass is 10.1. The van der Waals surface area contributed by atoms with Gasteiger partial charge in [0.2, 0.25) is 5.75 Å². The first-order valence-electron chi connectivity index (χ1n) is 8.37. The molecule has 2 aromatic carbocycles. The van der Waals surface area contributed by atoms with Crippen LogP contribution in [0.2, 0.25) is 5.02 Å². The Labute approximate surface area is 171 Å². The Morgan fingerprint density at radius 2 is 1.69 bits per heavy atom. The third-order valence-electron chi connectivity index (χ3n) is 4.20. The van der Waals surface area contributed by atoms with Crippen LogP contribution < -0.4 is 24.4 Å². The van der Waals surface area contributed by atoms with Crippen molar-refractivity contribution >= 4 is 41.2 Å². The summed E-state index contributed by atoms with van der Waals surface area (Å²) in [5.41, 5.74) is 0.372. The first-order valence-corrected chi connectivity index (χ1v) is 8.75. The number of ether oxygens (including phenoxy) is 3. The molecule has 8 nitrogen and oxygen atoms in total. The van der Waals surface area contributed by atoms with E-state index in [1.165, 1.54) is 39.5 Å². The lowest BCUT2D eigenvalue weighted by Gasteiger charge is -2.26. The van der Waals surface area contributed by atoms with Crippen LogP contribution in [0.15, 0.2) is 42.0 Å². The number of anilines is 1. The molecule has 1 saturated heterocycles. The molecule has 1 fully saturated rings. The molecule has 1 aliphatic heterocycles. The molecule has 1 heterocycles. The summed E-state index contributed by atoms with van der Waals surface area (Å²) in [6.07, 6.45) is 1.32. The molecular weight excluding hydrogens is 400 g/mol. The number of amides is 4. The van der Waals surface area contributed by atoms with Crippen molar-refractivity contribution in [2.24, 2.45) is 0 Å². The van der Waals surface area contributed by atoms with Gasteiger partial charge in [-0.1, -0.05) is 17.7 Å². The molecule has 9 heteroatoms. The standard InChI is InChI=1S/C20H17ClN2O6/c1-27-15-8-7-11(16(28-2)17(15)29-3)9-14-18(24)22-20(26)23(19(14)25)13-6-4-5-12(21)10-13/h4-10H,1-3H3,(H,22,24,26)/b14-9-. The van der Waals surface area contributed by atoms with Crippen LogP contribution in [-0.4, -0.2) is 39.2 Å². The van der Waals surface area contributed by atoms with Gasteiger partial charge in [-0.05, 0) is 36.4 Å². The minimum absolute atomic E-state index is 0.234. The average molecular weight is 417 g/mol. The second-order valence-corrected chi connectivity index (χ2v) is 6.30. The number of nitrogens with zero attached hydrogens (tertiary/aromatic N) is 1. The molecule has 4 amide bonds. The maximum absolute atomic E-state index is 13.0. The highest BCUT2D eigenvalue weighted by molar-refractivity contribution is 6.39. The summed E-state index contributed by atoms with van der Waals surface area (Å²) in [5, 5.41) is 2.50. The molecule has 0 atom stereocenters. The number of hydrogen-bond acceptors (Lipinski definition) is 6. The van der Waals surface area contributed by atoms with Gasteiger partial charge in [-0.25, -0.2) is 9.69 Å².